The molecule has 0 saturated heterocycles. The van der Waals surface area contributed by atoms with Gasteiger partial charge in [0.1, 0.15) is 17.7 Å². The van der Waals surface area contributed by atoms with Crippen molar-refractivity contribution in [1.29, 1.82) is 0 Å². The van der Waals surface area contributed by atoms with Crippen molar-refractivity contribution in [2.75, 3.05) is 11.1 Å². The van der Waals surface area contributed by atoms with Crippen LogP contribution >= 0.6 is 11.6 Å². The molecule has 0 amide bonds. The summed E-state index contributed by atoms with van der Waals surface area (Å²) in [5.41, 5.74) is 9.06. The second-order valence-corrected chi connectivity index (χ2v) is 4.98. The molecule has 0 bridgehead atoms. The zero-order chi connectivity index (χ0) is 15.0. The van der Waals surface area contributed by atoms with Gasteiger partial charge in [-0.1, -0.05) is 18.5 Å². The highest BCUT2D eigenvalue weighted by molar-refractivity contribution is 6.31. The van der Waals surface area contributed by atoms with Crippen molar-refractivity contribution >= 4 is 34.3 Å². The van der Waals surface area contributed by atoms with Crippen LogP contribution in [0.5, 0.6) is 0 Å². The van der Waals surface area contributed by atoms with Crippen LogP contribution < -0.4 is 11.1 Å². The van der Waals surface area contributed by atoms with Crippen LogP contribution in [0.4, 0.5) is 21.6 Å². The summed E-state index contributed by atoms with van der Waals surface area (Å²) in [5, 5.41) is 7.32. The Morgan fingerprint density at radius 2 is 2.24 bits per heavy atom. The van der Waals surface area contributed by atoms with Gasteiger partial charge in [-0.2, -0.15) is 5.10 Å². The number of nitrogens with one attached hydrogen (secondary N) is 1. The minimum absolute atomic E-state index is 0.0516. The average Bonchev–Trinajstić information content (AvgIpc) is 2.79. The van der Waals surface area contributed by atoms with Crippen LogP contribution in [-0.2, 0) is 6.42 Å². The molecule has 0 aliphatic rings. The fourth-order valence-electron chi connectivity index (χ4n) is 2.27. The average molecular weight is 306 g/mol. The van der Waals surface area contributed by atoms with Crippen LogP contribution in [0.1, 0.15) is 12.5 Å². The SMILES string of the molecule is CCc1c(N)cn2ncnc(Nc3ccc(F)c(Cl)c3)c12. The molecule has 7 heteroatoms. The first-order valence-corrected chi connectivity index (χ1v) is 6.80. The molecule has 3 rings (SSSR count). The number of nitrogens with zero attached hydrogens (tertiary/aromatic N) is 3. The molecule has 0 radical (unpaired) electrons. The Hall–Kier alpha value is -2.34. The summed E-state index contributed by atoms with van der Waals surface area (Å²) < 4.78 is 14.9. The van der Waals surface area contributed by atoms with Crippen LogP contribution in [0.2, 0.25) is 5.02 Å². The van der Waals surface area contributed by atoms with E-state index in [1.165, 1.54) is 18.5 Å². The molecule has 2 aromatic heterocycles. The lowest BCUT2D eigenvalue weighted by molar-refractivity contribution is 0.628. The third kappa shape index (κ3) is 2.38. The number of hydrogen-bond donors (Lipinski definition) is 2. The summed E-state index contributed by atoms with van der Waals surface area (Å²) in [7, 11) is 0. The van der Waals surface area contributed by atoms with Gasteiger partial charge in [0.25, 0.3) is 0 Å². The Kier molecular flexibility index (Phi) is 3.39. The van der Waals surface area contributed by atoms with Crippen LogP contribution in [-0.4, -0.2) is 14.6 Å². The molecule has 0 spiro atoms. The second-order valence-electron chi connectivity index (χ2n) is 4.57. The van der Waals surface area contributed by atoms with E-state index in [4.69, 9.17) is 17.3 Å². The Morgan fingerprint density at radius 1 is 1.43 bits per heavy atom. The zero-order valence-corrected chi connectivity index (χ0v) is 12.0. The molecule has 1 aromatic carbocycles. The van der Waals surface area contributed by atoms with Gasteiger partial charge in [-0.3, -0.25) is 0 Å². The van der Waals surface area contributed by atoms with Gasteiger partial charge in [0, 0.05) is 11.3 Å². The Balaban J connectivity index is 2.09. The number of anilines is 3. The summed E-state index contributed by atoms with van der Waals surface area (Å²) in [6, 6.07) is 4.40. The van der Waals surface area contributed by atoms with Gasteiger partial charge in [-0.05, 0) is 24.6 Å². The molecular weight excluding hydrogens is 293 g/mol. The van der Waals surface area contributed by atoms with Crippen molar-refractivity contribution in [2.24, 2.45) is 0 Å². The molecule has 3 N–H and O–H groups in total. The van der Waals surface area contributed by atoms with E-state index in [1.54, 1.807) is 16.8 Å². The summed E-state index contributed by atoms with van der Waals surface area (Å²) in [6.07, 6.45) is 3.94. The smallest absolute Gasteiger partial charge is 0.158 e. The molecule has 108 valence electrons. The van der Waals surface area contributed by atoms with Crippen LogP contribution in [0.15, 0.2) is 30.7 Å². The number of nitrogen functional groups attached to an aromatic ring is 1. The highest BCUT2D eigenvalue weighted by Gasteiger charge is 2.13. The highest BCUT2D eigenvalue weighted by Crippen LogP contribution is 2.28. The maximum absolute atomic E-state index is 13.2. The number of aromatic nitrogens is 3. The molecule has 0 aliphatic carbocycles. The van der Waals surface area contributed by atoms with E-state index in [2.05, 4.69) is 15.4 Å². The van der Waals surface area contributed by atoms with Gasteiger partial charge in [0.15, 0.2) is 5.82 Å². The van der Waals surface area contributed by atoms with E-state index in [0.717, 1.165) is 17.5 Å². The third-order valence-corrected chi connectivity index (χ3v) is 3.54. The topological polar surface area (TPSA) is 68.2 Å². The number of aryl methyl sites for hydroxylation is 1. The fourth-order valence-corrected chi connectivity index (χ4v) is 2.45. The maximum Gasteiger partial charge on any atom is 0.158 e. The molecule has 3 aromatic rings. The molecule has 0 atom stereocenters. The second kappa shape index (κ2) is 5.21. The van der Waals surface area contributed by atoms with Gasteiger partial charge in [-0.25, -0.2) is 13.9 Å². The predicted octanol–water partition coefficient (Wildman–Crippen LogP) is 3.41. The predicted molar refractivity (Wildman–Crippen MR) is 81.5 cm³/mol. The number of hydrogen-bond acceptors (Lipinski definition) is 4. The van der Waals surface area contributed by atoms with Crippen molar-refractivity contribution in [3.8, 4) is 0 Å². The molecule has 5 nitrogen and oxygen atoms in total. The lowest BCUT2D eigenvalue weighted by atomic mass is 10.2. The van der Waals surface area contributed by atoms with E-state index in [-0.39, 0.29) is 5.02 Å². The lowest BCUT2D eigenvalue weighted by Gasteiger charge is -2.09. The van der Waals surface area contributed by atoms with Gasteiger partial charge in [-0.15, -0.1) is 0 Å². The number of fused-ring (bicyclic) bond motifs is 1. The van der Waals surface area contributed by atoms with Gasteiger partial charge in [0.2, 0.25) is 0 Å². The number of benzene rings is 1. The number of nitrogens with two attached hydrogens (primary N) is 1. The van der Waals surface area contributed by atoms with E-state index in [1.807, 2.05) is 6.92 Å². The van der Waals surface area contributed by atoms with Crippen LogP contribution in [0.25, 0.3) is 5.52 Å². The lowest BCUT2D eigenvalue weighted by Crippen LogP contribution is -2.01. The van der Waals surface area contributed by atoms with Crippen molar-refractivity contribution in [3.63, 3.8) is 0 Å². The third-order valence-electron chi connectivity index (χ3n) is 3.25. The molecule has 0 saturated carbocycles. The Morgan fingerprint density at radius 3 is 2.95 bits per heavy atom. The van der Waals surface area contributed by atoms with Gasteiger partial charge >= 0.3 is 0 Å². The first kappa shape index (κ1) is 13.6. The zero-order valence-electron chi connectivity index (χ0n) is 11.3. The van der Waals surface area contributed by atoms with Crippen molar-refractivity contribution < 1.29 is 4.39 Å². The first-order chi connectivity index (χ1) is 10.1. The largest absolute Gasteiger partial charge is 0.397 e. The molecule has 0 fully saturated rings. The van der Waals surface area contributed by atoms with Crippen molar-refractivity contribution in [3.05, 3.63) is 47.1 Å². The van der Waals surface area contributed by atoms with E-state index < -0.39 is 5.82 Å². The van der Waals surface area contributed by atoms with E-state index in [9.17, 15) is 4.39 Å². The maximum atomic E-state index is 13.2. The summed E-state index contributed by atoms with van der Waals surface area (Å²) >= 11 is 5.79. The minimum atomic E-state index is -0.462. The molecule has 0 unspecified atom stereocenters. The first-order valence-electron chi connectivity index (χ1n) is 6.43. The Bertz CT molecular complexity index is 814. The Labute approximate surface area is 125 Å². The number of rotatable bonds is 3. The molecular formula is C14H13ClFN5. The highest BCUT2D eigenvalue weighted by atomic mass is 35.5. The normalized spacial score (nSPS) is 11.0. The van der Waals surface area contributed by atoms with Crippen LogP contribution in [0.3, 0.4) is 0 Å². The van der Waals surface area contributed by atoms with Crippen LogP contribution in [0, 0.1) is 5.82 Å². The molecule has 2 heterocycles. The molecule has 0 aliphatic heterocycles. The van der Waals surface area contributed by atoms with Gasteiger partial charge < -0.3 is 11.1 Å². The number of halogens is 2. The summed E-state index contributed by atoms with van der Waals surface area (Å²) in [4.78, 5) is 4.24. The van der Waals surface area contributed by atoms with Crippen molar-refractivity contribution in [2.45, 2.75) is 13.3 Å². The van der Waals surface area contributed by atoms with E-state index in [0.29, 0.717) is 17.2 Å². The quantitative estimate of drug-likeness (QED) is 0.778. The van der Waals surface area contributed by atoms with Gasteiger partial charge in [0.05, 0.1) is 16.9 Å². The molecule has 21 heavy (non-hydrogen) atoms. The fraction of sp³-hybridized carbons (Fsp3) is 0.143. The van der Waals surface area contributed by atoms with E-state index >= 15 is 0 Å². The standard InChI is InChI=1S/C14H13ClFN5/c1-2-9-12(17)6-21-13(9)14(18-7-19-21)20-8-3-4-11(16)10(15)5-8/h3-7H,2,17H2,1H3,(H,18,19,20). The summed E-state index contributed by atoms with van der Waals surface area (Å²) in [6.45, 7) is 2.01. The summed E-state index contributed by atoms with van der Waals surface area (Å²) in [5.74, 6) is 0.137. The minimum Gasteiger partial charge on any atom is -0.397 e. The monoisotopic (exact) mass is 305 g/mol. The van der Waals surface area contributed by atoms with Crippen molar-refractivity contribution in [1.82, 2.24) is 14.6 Å².